The summed E-state index contributed by atoms with van der Waals surface area (Å²) in [5.41, 5.74) is 1.63. The van der Waals surface area contributed by atoms with Crippen LogP contribution in [0.4, 0.5) is 0 Å². The number of H-pyrrole nitrogens is 1. The normalized spacial score (nSPS) is 10.3. The van der Waals surface area contributed by atoms with Crippen molar-refractivity contribution < 1.29 is 4.52 Å². The highest BCUT2D eigenvalue weighted by Gasteiger charge is 2.01. The Morgan fingerprint density at radius 2 is 2.36 bits per heavy atom. The molecule has 0 radical (unpaired) electrons. The molecule has 11 heavy (non-hydrogen) atoms. The van der Waals surface area contributed by atoms with E-state index in [4.69, 9.17) is 4.52 Å². The number of hydrogen-bond acceptors (Lipinski definition) is 3. The van der Waals surface area contributed by atoms with Gasteiger partial charge in [-0.15, -0.1) is 5.10 Å². The predicted molar refractivity (Wildman–Crippen MR) is 44.2 cm³/mol. The monoisotopic (exact) mass is 167 g/mol. The van der Waals surface area contributed by atoms with Gasteiger partial charge in [0.1, 0.15) is 0 Å². The molecule has 4 nitrogen and oxygen atoms in total. The van der Waals surface area contributed by atoms with Crippen molar-refractivity contribution >= 4 is 20.5 Å². The van der Waals surface area contributed by atoms with Gasteiger partial charge in [-0.25, -0.2) is 0 Å². The number of nitrogens with one attached hydrogen (secondary N) is 1. The highest BCUT2D eigenvalue weighted by atomic mass is 31.0. The van der Waals surface area contributed by atoms with Crippen LogP contribution in [0, 0.1) is 0 Å². The first kappa shape index (κ1) is 6.55. The number of benzene rings is 1. The second-order valence-corrected chi connectivity index (χ2v) is 2.32. The van der Waals surface area contributed by atoms with Crippen LogP contribution in [-0.2, 0) is 0 Å². The van der Waals surface area contributed by atoms with Crippen molar-refractivity contribution in [2.24, 2.45) is 0 Å². The zero-order valence-electron chi connectivity index (χ0n) is 5.61. The van der Waals surface area contributed by atoms with Gasteiger partial charge in [-0.05, 0) is 12.1 Å². The highest BCUT2D eigenvalue weighted by Crippen LogP contribution is 2.22. The number of aromatic amines is 1. The first-order valence-electron chi connectivity index (χ1n) is 3.08. The molecule has 2 aromatic rings. The SMILES string of the molecule is POc1cccc2[nH]nnc12. The Bertz CT molecular complexity index is 373. The molecule has 0 aliphatic carbocycles. The van der Waals surface area contributed by atoms with Crippen LogP contribution in [0.3, 0.4) is 0 Å². The van der Waals surface area contributed by atoms with Gasteiger partial charge in [-0.3, -0.25) is 5.10 Å². The van der Waals surface area contributed by atoms with Crippen molar-refractivity contribution in [1.29, 1.82) is 0 Å². The Kier molecular flexibility index (Phi) is 1.47. The van der Waals surface area contributed by atoms with Crippen molar-refractivity contribution in [2.45, 2.75) is 0 Å². The fraction of sp³-hybridized carbons (Fsp3) is 0. The summed E-state index contributed by atoms with van der Waals surface area (Å²) in [6.45, 7) is 0. The number of nitrogens with zero attached hydrogens (tertiary/aromatic N) is 2. The van der Waals surface area contributed by atoms with E-state index in [2.05, 4.69) is 24.9 Å². The molecule has 1 aromatic carbocycles. The molecule has 1 atom stereocenters. The molecule has 2 rings (SSSR count). The van der Waals surface area contributed by atoms with Crippen molar-refractivity contribution in [3.8, 4) is 5.75 Å². The Morgan fingerprint density at radius 3 is 3.18 bits per heavy atom. The van der Waals surface area contributed by atoms with E-state index in [-0.39, 0.29) is 0 Å². The van der Waals surface area contributed by atoms with E-state index < -0.39 is 0 Å². The highest BCUT2D eigenvalue weighted by molar-refractivity contribution is 7.10. The lowest BCUT2D eigenvalue weighted by molar-refractivity contribution is 0.651. The summed E-state index contributed by atoms with van der Waals surface area (Å²) >= 11 is 0. The first-order valence-corrected chi connectivity index (χ1v) is 3.55. The molecule has 0 bridgehead atoms. The molecule has 1 unspecified atom stereocenters. The summed E-state index contributed by atoms with van der Waals surface area (Å²) in [5, 5.41) is 10.2. The van der Waals surface area contributed by atoms with Gasteiger partial charge in [0.05, 0.1) is 15.0 Å². The largest absolute Gasteiger partial charge is 0.478 e. The molecule has 0 spiro atoms. The summed E-state index contributed by atoms with van der Waals surface area (Å²) in [6, 6.07) is 5.60. The summed E-state index contributed by atoms with van der Waals surface area (Å²) in [4.78, 5) is 0. The molecule has 5 heteroatoms. The zero-order chi connectivity index (χ0) is 7.68. The van der Waals surface area contributed by atoms with Crippen LogP contribution in [0.2, 0.25) is 0 Å². The zero-order valence-corrected chi connectivity index (χ0v) is 6.77. The molecule has 1 N–H and O–H groups in total. The Labute approximate surface area is 65.2 Å². The maximum Gasteiger partial charge on any atom is 0.155 e. The molecule has 0 saturated carbocycles. The van der Waals surface area contributed by atoms with Crippen molar-refractivity contribution in [3.05, 3.63) is 18.2 Å². The van der Waals surface area contributed by atoms with Gasteiger partial charge in [0.25, 0.3) is 0 Å². The third-order valence-electron chi connectivity index (χ3n) is 1.45. The van der Waals surface area contributed by atoms with Gasteiger partial charge in [0.15, 0.2) is 11.3 Å². The van der Waals surface area contributed by atoms with Crippen molar-refractivity contribution in [2.75, 3.05) is 0 Å². The third-order valence-corrected chi connectivity index (χ3v) is 1.70. The van der Waals surface area contributed by atoms with E-state index >= 15 is 0 Å². The Balaban J connectivity index is 2.79. The van der Waals surface area contributed by atoms with Gasteiger partial charge in [-0.2, -0.15) is 0 Å². The van der Waals surface area contributed by atoms with Gasteiger partial charge < -0.3 is 4.52 Å². The van der Waals surface area contributed by atoms with Gasteiger partial charge in [0, 0.05) is 0 Å². The predicted octanol–water partition coefficient (Wildman–Crippen LogP) is 1.13. The molecule has 56 valence electrons. The lowest BCUT2D eigenvalue weighted by Gasteiger charge is -1.96. The van der Waals surface area contributed by atoms with Crippen LogP contribution in [0.1, 0.15) is 0 Å². The van der Waals surface area contributed by atoms with Crippen LogP contribution in [0.15, 0.2) is 18.2 Å². The van der Waals surface area contributed by atoms with Gasteiger partial charge in [0.2, 0.25) is 0 Å². The molecule has 0 aliphatic rings. The second-order valence-electron chi connectivity index (χ2n) is 2.08. The average molecular weight is 167 g/mol. The van der Waals surface area contributed by atoms with Crippen LogP contribution in [0.25, 0.3) is 11.0 Å². The van der Waals surface area contributed by atoms with Crippen LogP contribution < -0.4 is 4.52 Å². The van der Waals surface area contributed by atoms with Crippen LogP contribution >= 0.6 is 9.47 Å². The minimum atomic E-state index is 0.709. The standard InChI is InChI=1S/C6H6N3OP/c11-10-5-3-1-2-4-6(5)8-9-7-4/h1-3H,11H2,(H,7,8,9). The van der Waals surface area contributed by atoms with E-state index in [1.807, 2.05) is 18.2 Å². The first-order chi connectivity index (χ1) is 5.42. The minimum Gasteiger partial charge on any atom is -0.478 e. The number of rotatable bonds is 1. The van der Waals surface area contributed by atoms with Gasteiger partial charge >= 0.3 is 0 Å². The van der Waals surface area contributed by atoms with E-state index in [9.17, 15) is 0 Å². The van der Waals surface area contributed by atoms with Crippen LogP contribution in [0.5, 0.6) is 5.75 Å². The molecule has 0 fully saturated rings. The molecular weight excluding hydrogens is 161 g/mol. The number of fused-ring (bicyclic) bond motifs is 1. The van der Waals surface area contributed by atoms with E-state index in [1.165, 1.54) is 0 Å². The quantitative estimate of drug-likeness (QED) is 0.647. The number of hydrogen-bond donors (Lipinski definition) is 1. The fourth-order valence-electron chi connectivity index (χ4n) is 0.940. The van der Waals surface area contributed by atoms with E-state index in [0.717, 1.165) is 11.0 Å². The average Bonchev–Trinajstić information content (AvgIpc) is 2.50. The van der Waals surface area contributed by atoms with Crippen LogP contribution in [-0.4, -0.2) is 15.4 Å². The molecule has 0 saturated heterocycles. The molecule has 1 aromatic heterocycles. The maximum absolute atomic E-state index is 4.98. The van der Waals surface area contributed by atoms with Crippen molar-refractivity contribution in [1.82, 2.24) is 15.4 Å². The summed E-state index contributed by atoms with van der Waals surface area (Å²) in [6.07, 6.45) is 0. The smallest absolute Gasteiger partial charge is 0.155 e. The summed E-state index contributed by atoms with van der Waals surface area (Å²) in [5.74, 6) is 0.709. The lowest BCUT2D eigenvalue weighted by atomic mass is 10.3. The van der Waals surface area contributed by atoms with E-state index in [1.54, 1.807) is 0 Å². The molecule has 0 amide bonds. The minimum absolute atomic E-state index is 0.709. The molecule has 1 heterocycles. The van der Waals surface area contributed by atoms with E-state index in [0.29, 0.717) is 5.75 Å². The fourth-order valence-corrected chi connectivity index (χ4v) is 1.13. The topological polar surface area (TPSA) is 50.8 Å². The van der Waals surface area contributed by atoms with Crippen molar-refractivity contribution in [3.63, 3.8) is 0 Å². The Hall–Kier alpha value is -1.15. The van der Waals surface area contributed by atoms with Gasteiger partial charge in [-0.1, -0.05) is 11.3 Å². The molecular formula is C6H6N3OP. The Morgan fingerprint density at radius 1 is 1.45 bits per heavy atom. The summed E-state index contributed by atoms with van der Waals surface area (Å²) < 4.78 is 4.98. The number of aromatic nitrogens is 3. The molecule has 0 aliphatic heterocycles. The maximum atomic E-state index is 4.98. The third kappa shape index (κ3) is 0.955. The summed E-state index contributed by atoms with van der Waals surface area (Å²) in [7, 11) is 2.18. The lowest BCUT2D eigenvalue weighted by Crippen LogP contribution is -1.76. The second kappa shape index (κ2) is 2.47.